The molecule has 0 aromatic carbocycles. The van der Waals surface area contributed by atoms with Crippen molar-refractivity contribution in [3.05, 3.63) is 0 Å². The van der Waals surface area contributed by atoms with Crippen LogP contribution in [0.2, 0.25) is 0 Å². The fourth-order valence-corrected chi connectivity index (χ4v) is 3.13. The van der Waals surface area contributed by atoms with Crippen LogP contribution in [0.15, 0.2) is 0 Å². The molecule has 2 aliphatic heterocycles. The Bertz CT molecular complexity index is 259. The van der Waals surface area contributed by atoms with Gasteiger partial charge >= 0.3 is 0 Å². The number of carbonyl (C=O) groups is 1. The van der Waals surface area contributed by atoms with E-state index >= 15 is 0 Å². The van der Waals surface area contributed by atoms with E-state index in [9.17, 15) is 4.79 Å². The van der Waals surface area contributed by atoms with Gasteiger partial charge in [-0.25, -0.2) is 0 Å². The van der Waals surface area contributed by atoms with Crippen LogP contribution >= 0.6 is 0 Å². The molecule has 2 heterocycles. The number of ketones is 1. The maximum atomic E-state index is 11.4. The molecule has 0 amide bonds. The number of fused-ring (bicyclic) bond motifs is 2. The fraction of sp³-hybridized carbons (Fsp3) is 0.923. The molecule has 3 heteroatoms. The smallest absolute Gasteiger partial charge is 0.136 e. The second-order valence-electron chi connectivity index (χ2n) is 5.59. The number of Topliss-reactive ketones (excluding diaryl/α,β-unsaturated/α-hetero) is 1. The van der Waals surface area contributed by atoms with Crippen LogP contribution < -0.4 is 0 Å². The lowest BCUT2D eigenvalue weighted by molar-refractivity contribution is -0.123. The predicted molar refractivity (Wildman–Crippen MR) is 61.3 cm³/mol. The van der Waals surface area contributed by atoms with Gasteiger partial charge in [-0.15, -0.1) is 0 Å². The van der Waals surface area contributed by atoms with Crippen molar-refractivity contribution in [3.63, 3.8) is 0 Å². The molecule has 0 aromatic heterocycles. The first-order valence-electron chi connectivity index (χ1n) is 6.68. The van der Waals surface area contributed by atoms with Crippen LogP contribution in [0.4, 0.5) is 0 Å². The highest BCUT2D eigenvalue weighted by Gasteiger charge is 2.39. The van der Waals surface area contributed by atoms with Crippen molar-refractivity contribution in [3.8, 4) is 0 Å². The lowest BCUT2D eigenvalue weighted by atomic mass is 10.0. The molecule has 0 aromatic rings. The fourth-order valence-electron chi connectivity index (χ4n) is 3.13. The standard InChI is InChI=1S/C13H21NO2/c15-13-7-11-3-4-12(8-13)14(11)5-6-16-9-10-1-2-10/h10-12H,1-9H2. The van der Waals surface area contributed by atoms with E-state index in [0.717, 1.165) is 38.5 Å². The molecule has 0 N–H and O–H groups in total. The molecule has 90 valence electrons. The summed E-state index contributed by atoms with van der Waals surface area (Å²) in [7, 11) is 0. The molecular weight excluding hydrogens is 202 g/mol. The Hall–Kier alpha value is -0.410. The second kappa shape index (κ2) is 4.46. The topological polar surface area (TPSA) is 29.5 Å². The zero-order valence-electron chi connectivity index (χ0n) is 9.86. The Morgan fingerprint density at radius 2 is 1.81 bits per heavy atom. The molecule has 1 aliphatic carbocycles. The molecule has 0 spiro atoms. The van der Waals surface area contributed by atoms with Crippen molar-refractivity contribution in [2.45, 2.75) is 50.6 Å². The predicted octanol–water partition coefficient (Wildman–Crippen LogP) is 1.61. The molecule has 16 heavy (non-hydrogen) atoms. The van der Waals surface area contributed by atoms with Gasteiger partial charge in [-0.2, -0.15) is 0 Å². The molecule has 2 saturated heterocycles. The van der Waals surface area contributed by atoms with Crippen molar-refractivity contribution >= 4 is 5.78 Å². The molecule has 3 fully saturated rings. The van der Waals surface area contributed by atoms with E-state index in [4.69, 9.17) is 4.74 Å². The van der Waals surface area contributed by atoms with Crippen LogP contribution in [-0.2, 0) is 9.53 Å². The zero-order valence-corrected chi connectivity index (χ0v) is 9.86. The number of ether oxygens (including phenoxy) is 1. The monoisotopic (exact) mass is 223 g/mol. The maximum absolute atomic E-state index is 11.4. The second-order valence-corrected chi connectivity index (χ2v) is 5.59. The van der Waals surface area contributed by atoms with E-state index in [1.54, 1.807) is 0 Å². The van der Waals surface area contributed by atoms with Crippen molar-refractivity contribution in [2.24, 2.45) is 5.92 Å². The minimum atomic E-state index is 0.475. The van der Waals surface area contributed by atoms with Gasteiger partial charge in [0, 0.05) is 38.1 Å². The number of hydrogen-bond donors (Lipinski definition) is 0. The normalized spacial score (nSPS) is 34.6. The quantitative estimate of drug-likeness (QED) is 0.663. The summed E-state index contributed by atoms with van der Waals surface area (Å²) in [5.41, 5.74) is 0. The number of rotatable bonds is 5. The van der Waals surface area contributed by atoms with Crippen LogP contribution in [0.5, 0.6) is 0 Å². The van der Waals surface area contributed by atoms with E-state index in [2.05, 4.69) is 4.90 Å². The molecule has 1 saturated carbocycles. The Balaban J connectivity index is 1.42. The van der Waals surface area contributed by atoms with Crippen molar-refractivity contribution in [2.75, 3.05) is 19.8 Å². The number of hydrogen-bond acceptors (Lipinski definition) is 3. The number of carbonyl (C=O) groups excluding carboxylic acids is 1. The van der Waals surface area contributed by atoms with Gasteiger partial charge in [-0.05, 0) is 31.6 Å². The van der Waals surface area contributed by atoms with Crippen LogP contribution in [0.3, 0.4) is 0 Å². The van der Waals surface area contributed by atoms with Gasteiger partial charge < -0.3 is 4.74 Å². The maximum Gasteiger partial charge on any atom is 0.136 e. The Morgan fingerprint density at radius 1 is 1.12 bits per heavy atom. The lowest BCUT2D eigenvalue weighted by Crippen LogP contribution is -2.44. The van der Waals surface area contributed by atoms with Crippen LogP contribution in [0, 0.1) is 5.92 Å². The highest BCUT2D eigenvalue weighted by atomic mass is 16.5. The lowest BCUT2D eigenvalue weighted by Gasteiger charge is -2.33. The third-order valence-electron chi connectivity index (χ3n) is 4.24. The molecule has 3 aliphatic rings. The van der Waals surface area contributed by atoms with E-state index < -0.39 is 0 Å². The molecule has 3 nitrogen and oxygen atoms in total. The zero-order chi connectivity index (χ0) is 11.0. The van der Waals surface area contributed by atoms with E-state index in [1.807, 2.05) is 0 Å². The molecule has 2 atom stereocenters. The Kier molecular flexibility index (Phi) is 2.99. The van der Waals surface area contributed by atoms with Crippen LogP contribution in [0.1, 0.15) is 38.5 Å². The third-order valence-corrected chi connectivity index (χ3v) is 4.24. The summed E-state index contributed by atoms with van der Waals surface area (Å²) in [6.07, 6.45) is 6.75. The Morgan fingerprint density at radius 3 is 2.44 bits per heavy atom. The van der Waals surface area contributed by atoms with E-state index in [0.29, 0.717) is 17.9 Å². The van der Waals surface area contributed by atoms with Gasteiger partial charge in [0.1, 0.15) is 5.78 Å². The van der Waals surface area contributed by atoms with Crippen LogP contribution in [-0.4, -0.2) is 42.5 Å². The average molecular weight is 223 g/mol. The van der Waals surface area contributed by atoms with Gasteiger partial charge in [0.25, 0.3) is 0 Å². The minimum absolute atomic E-state index is 0.475. The SMILES string of the molecule is O=C1CC2CCC(C1)N2CCOCC1CC1. The van der Waals surface area contributed by atoms with Gasteiger partial charge in [0.05, 0.1) is 6.61 Å². The Labute approximate surface area is 97.1 Å². The molecule has 3 rings (SSSR count). The summed E-state index contributed by atoms with van der Waals surface area (Å²) < 4.78 is 5.68. The van der Waals surface area contributed by atoms with Crippen molar-refractivity contribution in [1.82, 2.24) is 4.90 Å². The average Bonchev–Trinajstić information content (AvgIpc) is 3.03. The first-order valence-corrected chi connectivity index (χ1v) is 6.68. The first-order chi connectivity index (χ1) is 7.83. The third kappa shape index (κ3) is 2.30. The number of nitrogens with zero attached hydrogens (tertiary/aromatic N) is 1. The van der Waals surface area contributed by atoms with E-state index in [-0.39, 0.29) is 0 Å². The van der Waals surface area contributed by atoms with E-state index in [1.165, 1.54) is 25.7 Å². The largest absolute Gasteiger partial charge is 0.380 e. The summed E-state index contributed by atoms with van der Waals surface area (Å²) in [6.45, 7) is 2.86. The highest BCUT2D eigenvalue weighted by Crippen LogP contribution is 2.33. The minimum Gasteiger partial charge on any atom is -0.380 e. The summed E-state index contributed by atoms with van der Waals surface area (Å²) in [6, 6.07) is 1.08. The first kappa shape index (κ1) is 10.7. The van der Waals surface area contributed by atoms with Crippen molar-refractivity contribution < 1.29 is 9.53 Å². The van der Waals surface area contributed by atoms with Gasteiger partial charge in [0.2, 0.25) is 0 Å². The van der Waals surface area contributed by atoms with Crippen molar-refractivity contribution in [1.29, 1.82) is 0 Å². The highest BCUT2D eigenvalue weighted by molar-refractivity contribution is 5.80. The van der Waals surface area contributed by atoms with Gasteiger partial charge in [0.15, 0.2) is 0 Å². The molecule has 2 bridgehead atoms. The van der Waals surface area contributed by atoms with Gasteiger partial charge in [-0.3, -0.25) is 9.69 Å². The van der Waals surface area contributed by atoms with Gasteiger partial charge in [-0.1, -0.05) is 0 Å². The number of piperidine rings is 1. The molecular formula is C13H21NO2. The summed E-state index contributed by atoms with van der Waals surface area (Å²) >= 11 is 0. The summed E-state index contributed by atoms with van der Waals surface area (Å²) in [5.74, 6) is 1.34. The summed E-state index contributed by atoms with van der Waals surface area (Å²) in [5, 5.41) is 0. The summed E-state index contributed by atoms with van der Waals surface area (Å²) in [4.78, 5) is 14.0. The molecule has 0 radical (unpaired) electrons. The molecule has 2 unspecified atom stereocenters. The van der Waals surface area contributed by atoms with Crippen LogP contribution in [0.25, 0.3) is 0 Å².